The normalized spacial score (nSPS) is 10.2. The summed E-state index contributed by atoms with van der Waals surface area (Å²) < 4.78 is 2.66. The first-order valence-electron chi connectivity index (χ1n) is 8.58. The van der Waals surface area contributed by atoms with E-state index in [4.69, 9.17) is 5.26 Å². The molecule has 0 aliphatic heterocycles. The lowest BCUT2D eigenvalue weighted by molar-refractivity contribution is 0.101. The van der Waals surface area contributed by atoms with Crippen molar-refractivity contribution in [2.45, 2.75) is 13.5 Å². The molecule has 2 aromatic carbocycles. The number of carbonyl (C=O) groups excluding carboxylic acids is 2. The Morgan fingerprint density at radius 2 is 1.71 bits per heavy atom. The standard InChI is InChI=1S/C21H17BrN4O2/c1-2-26-13-16(22)11-19(26)21(28)25-18-8-4-6-15(10-18)20(27)24-17-7-3-5-14(9-17)12-23/h3-11,13H,2H2,1H3,(H,24,27)(H,25,28). The molecule has 0 bridgehead atoms. The van der Waals surface area contributed by atoms with Crippen LogP contribution in [0.2, 0.25) is 0 Å². The molecule has 7 heteroatoms. The molecule has 1 heterocycles. The van der Waals surface area contributed by atoms with Gasteiger partial charge < -0.3 is 15.2 Å². The first-order chi connectivity index (χ1) is 13.5. The number of anilines is 2. The molecule has 0 fully saturated rings. The van der Waals surface area contributed by atoms with E-state index in [9.17, 15) is 9.59 Å². The summed E-state index contributed by atoms with van der Waals surface area (Å²) in [6.07, 6.45) is 1.84. The highest BCUT2D eigenvalue weighted by molar-refractivity contribution is 9.10. The summed E-state index contributed by atoms with van der Waals surface area (Å²) in [5.74, 6) is -0.585. The highest BCUT2D eigenvalue weighted by Gasteiger charge is 2.14. The molecule has 0 atom stereocenters. The van der Waals surface area contributed by atoms with Gasteiger partial charge in [-0.25, -0.2) is 0 Å². The molecule has 0 aliphatic rings. The third-order valence-corrected chi connectivity index (χ3v) is 4.50. The van der Waals surface area contributed by atoms with Crippen molar-refractivity contribution in [3.63, 3.8) is 0 Å². The van der Waals surface area contributed by atoms with E-state index < -0.39 is 0 Å². The Balaban J connectivity index is 1.75. The average Bonchev–Trinajstić information content (AvgIpc) is 3.09. The van der Waals surface area contributed by atoms with Crippen molar-refractivity contribution >= 4 is 39.1 Å². The first kappa shape index (κ1) is 19.4. The number of aryl methyl sites for hydroxylation is 1. The van der Waals surface area contributed by atoms with Crippen molar-refractivity contribution in [3.05, 3.63) is 82.1 Å². The molecular formula is C21H17BrN4O2. The van der Waals surface area contributed by atoms with Crippen LogP contribution in [0.4, 0.5) is 11.4 Å². The Morgan fingerprint density at radius 1 is 1.04 bits per heavy atom. The van der Waals surface area contributed by atoms with Crippen LogP contribution in [0.1, 0.15) is 33.3 Å². The Morgan fingerprint density at radius 3 is 2.43 bits per heavy atom. The van der Waals surface area contributed by atoms with E-state index in [1.54, 1.807) is 54.6 Å². The van der Waals surface area contributed by atoms with E-state index in [0.29, 0.717) is 34.7 Å². The van der Waals surface area contributed by atoms with Gasteiger partial charge in [-0.1, -0.05) is 12.1 Å². The Labute approximate surface area is 170 Å². The number of benzene rings is 2. The Hall–Kier alpha value is -3.37. The smallest absolute Gasteiger partial charge is 0.272 e. The number of halogens is 1. The molecule has 2 N–H and O–H groups in total. The van der Waals surface area contributed by atoms with Crippen molar-refractivity contribution < 1.29 is 9.59 Å². The molecule has 28 heavy (non-hydrogen) atoms. The molecule has 1 aromatic heterocycles. The average molecular weight is 437 g/mol. The summed E-state index contributed by atoms with van der Waals surface area (Å²) in [4.78, 5) is 25.1. The van der Waals surface area contributed by atoms with Crippen molar-refractivity contribution in [1.82, 2.24) is 4.57 Å². The van der Waals surface area contributed by atoms with E-state index in [0.717, 1.165) is 4.47 Å². The summed E-state index contributed by atoms with van der Waals surface area (Å²) in [5, 5.41) is 14.5. The Bertz CT molecular complexity index is 1080. The maximum absolute atomic E-state index is 12.6. The van der Waals surface area contributed by atoms with Gasteiger partial charge in [0.15, 0.2) is 0 Å². The van der Waals surface area contributed by atoms with E-state index in [2.05, 4.69) is 26.6 Å². The monoisotopic (exact) mass is 436 g/mol. The van der Waals surface area contributed by atoms with Crippen molar-refractivity contribution in [2.75, 3.05) is 10.6 Å². The van der Waals surface area contributed by atoms with Gasteiger partial charge in [-0.05, 0) is 65.3 Å². The fourth-order valence-corrected chi connectivity index (χ4v) is 3.19. The Kier molecular flexibility index (Phi) is 5.92. The minimum Gasteiger partial charge on any atom is -0.343 e. The number of aromatic nitrogens is 1. The predicted molar refractivity (Wildman–Crippen MR) is 111 cm³/mol. The molecule has 6 nitrogen and oxygen atoms in total. The van der Waals surface area contributed by atoms with E-state index >= 15 is 0 Å². The second-order valence-corrected chi connectivity index (χ2v) is 6.93. The lowest BCUT2D eigenvalue weighted by Gasteiger charge is -2.10. The summed E-state index contributed by atoms with van der Waals surface area (Å²) in [6, 6.07) is 17.1. The number of carbonyl (C=O) groups is 2. The molecule has 0 unspecified atom stereocenters. The van der Waals surface area contributed by atoms with Gasteiger partial charge in [-0.2, -0.15) is 5.26 Å². The second-order valence-electron chi connectivity index (χ2n) is 6.01. The fraction of sp³-hybridized carbons (Fsp3) is 0.0952. The van der Waals surface area contributed by atoms with Gasteiger partial charge in [-0.3, -0.25) is 9.59 Å². The van der Waals surface area contributed by atoms with E-state index in [-0.39, 0.29) is 11.8 Å². The highest BCUT2D eigenvalue weighted by Crippen LogP contribution is 2.18. The van der Waals surface area contributed by atoms with Gasteiger partial charge >= 0.3 is 0 Å². The molecule has 0 aliphatic carbocycles. The number of rotatable bonds is 5. The minimum atomic E-state index is -0.328. The highest BCUT2D eigenvalue weighted by atomic mass is 79.9. The third kappa shape index (κ3) is 4.48. The molecule has 0 saturated heterocycles. The van der Waals surface area contributed by atoms with Crippen molar-refractivity contribution in [3.8, 4) is 6.07 Å². The number of hydrogen-bond donors (Lipinski definition) is 2. The number of nitrogens with zero attached hydrogens (tertiary/aromatic N) is 2. The third-order valence-electron chi connectivity index (χ3n) is 4.07. The topological polar surface area (TPSA) is 86.9 Å². The van der Waals surface area contributed by atoms with Crippen LogP contribution in [-0.2, 0) is 6.54 Å². The van der Waals surface area contributed by atoms with Crippen LogP contribution in [0.3, 0.4) is 0 Å². The molecule has 0 radical (unpaired) electrons. The lowest BCUT2D eigenvalue weighted by atomic mass is 10.1. The van der Waals surface area contributed by atoms with Crippen LogP contribution in [0.25, 0.3) is 0 Å². The molecule has 3 rings (SSSR count). The molecule has 2 amide bonds. The minimum absolute atomic E-state index is 0.258. The maximum atomic E-state index is 12.6. The van der Waals surface area contributed by atoms with Gasteiger partial charge in [0.25, 0.3) is 11.8 Å². The zero-order valence-electron chi connectivity index (χ0n) is 15.1. The van der Waals surface area contributed by atoms with Gasteiger partial charge in [-0.15, -0.1) is 0 Å². The van der Waals surface area contributed by atoms with E-state index in [1.165, 1.54) is 0 Å². The van der Waals surface area contributed by atoms with Crippen LogP contribution in [-0.4, -0.2) is 16.4 Å². The molecule has 3 aromatic rings. The number of hydrogen-bond acceptors (Lipinski definition) is 3. The van der Waals surface area contributed by atoms with Crippen molar-refractivity contribution in [2.24, 2.45) is 0 Å². The second kappa shape index (κ2) is 8.55. The molecule has 0 saturated carbocycles. The van der Waals surface area contributed by atoms with Crippen LogP contribution < -0.4 is 10.6 Å². The molecule has 140 valence electrons. The van der Waals surface area contributed by atoms with Crippen LogP contribution in [0.5, 0.6) is 0 Å². The molecular weight excluding hydrogens is 420 g/mol. The predicted octanol–water partition coefficient (Wildman–Crippen LogP) is 4.65. The number of amides is 2. The van der Waals surface area contributed by atoms with Crippen LogP contribution in [0.15, 0.2) is 65.3 Å². The maximum Gasteiger partial charge on any atom is 0.272 e. The lowest BCUT2D eigenvalue weighted by Crippen LogP contribution is -2.17. The molecule has 0 spiro atoms. The van der Waals surface area contributed by atoms with Crippen LogP contribution in [0, 0.1) is 11.3 Å². The van der Waals surface area contributed by atoms with Crippen LogP contribution >= 0.6 is 15.9 Å². The largest absolute Gasteiger partial charge is 0.343 e. The zero-order valence-corrected chi connectivity index (χ0v) is 16.7. The summed E-state index contributed by atoms with van der Waals surface area (Å²) in [7, 11) is 0. The summed E-state index contributed by atoms with van der Waals surface area (Å²) >= 11 is 3.38. The van der Waals surface area contributed by atoms with Gasteiger partial charge in [0.05, 0.1) is 11.6 Å². The zero-order chi connectivity index (χ0) is 20.1. The van der Waals surface area contributed by atoms with Gasteiger partial charge in [0.2, 0.25) is 0 Å². The van der Waals surface area contributed by atoms with Gasteiger partial charge in [0.1, 0.15) is 5.69 Å². The quantitative estimate of drug-likeness (QED) is 0.610. The van der Waals surface area contributed by atoms with E-state index in [1.807, 2.05) is 23.8 Å². The summed E-state index contributed by atoms with van der Waals surface area (Å²) in [5.41, 5.74) is 2.43. The summed E-state index contributed by atoms with van der Waals surface area (Å²) in [6.45, 7) is 2.62. The number of nitrogens with one attached hydrogen (secondary N) is 2. The fourth-order valence-electron chi connectivity index (χ4n) is 2.73. The SMILES string of the molecule is CCn1cc(Br)cc1C(=O)Nc1cccc(C(=O)Nc2cccc(C#N)c2)c1. The van der Waals surface area contributed by atoms with Crippen molar-refractivity contribution in [1.29, 1.82) is 5.26 Å². The number of nitriles is 1. The first-order valence-corrected chi connectivity index (χ1v) is 9.38. The van der Waals surface area contributed by atoms with Gasteiger partial charge in [0, 0.05) is 34.2 Å².